The lowest BCUT2D eigenvalue weighted by atomic mass is 9.45. The SMILES string of the molecule is NC12CC3CC(C1)CC(c1ccc(Oc4cccc(Oc5ccc(C67CC8CC(CC(N)(C8)C6)C7)c(O)c5)c4)cc1O)(C3)C2. The topological polar surface area (TPSA) is 111 Å². The predicted molar refractivity (Wildman–Crippen MR) is 169 cm³/mol. The summed E-state index contributed by atoms with van der Waals surface area (Å²) in [6.45, 7) is 0. The van der Waals surface area contributed by atoms with E-state index in [1.165, 1.54) is 12.8 Å². The summed E-state index contributed by atoms with van der Waals surface area (Å²) in [6, 6.07) is 19.0. The van der Waals surface area contributed by atoms with Crippen molar-refractivity contribution < 1.29 is 19.7 Å². The number of ether oxygens (including phenoxy) is 2. The Morgan fingerprint density at radius 2 is 0.909 bits per heavy atom. The quantitative estimate of drug-likeness (QED) is 0.233. The van der Waals surface area contributed by atoms with Crippen molar-refractivity contribution in [1.82, 2.24) is 0 Å². The van der Waals surface area contributed by atoms with Crippen molar-refractivity contribution >= 4 is 0 Å². The van der Waals surface area contributed by atoms with Crippen LogP contribution in [0.5, 0.6) is 34.5 Å². The van der Waals surface area contributed by atoms with E-state index >= 15 is 0 Å². The number of phenolic OH excluding ortho intramolecular Hbond substituents is 2. The first-order valence-electron chi connectivity index (χ1n) is 16.8. The van der Waals surface area contributed by atoms with Crippen LogP contribution in [0.25, 0.3) is 0 Å². The maximum absolute atomic E-state index is 11.2. The maximum atomic E-state index is 11.2. The third-order valence-corrected chi connectivity index (χ3v) is 12.6. The normalized spacial score (nSPS) is 39.5. The maximum Gasteiger partial charge on any atom is 0.131 e. The van der Waals surface area contributed by atoms with Crippen LogP contribution in [0.3, 0.4) is 0 Å². The molecule has 4 atom stereocenters. The van der Waals surface area contributed by atoms with Gasteiger partial charge in [-0.05, 0) is 125 Å². The molecule has 3 aromatic carbocycles. The Balaban J connectivity index is 0.914. The second kappa shape index (κ2) is 9.17. The first-order chi connectivity index (χ1) is 21.1. The van der Waals surface area contributed by atoms with Crippen LogP contribution < -0.4 is 20.9 Å². The first kappa shape index (κ1) is 27.1. The van der Waals surface area contributed by atoms with Gasteiger partial charge in [-0.1, -0.05) is 18.2 Å². The molecular formula is C38H44N2O4. The largest absolute Gasteiger partial charge is 0.508 e. The van der Waals surface area contributed by atoms with Crippen LogP contribution >= 0.6 is 0 Å². The highest BCUT2D eigenvalue weighted by atomic mass is 16.5. The Labute approximate surface area is 259 Å². The molecule has 11 rings (SSSR count). The summed E-state index contributed by atoms with van der Waals surface area (Å²) in [7, 11) is 0. The number of rotatable bonds is 6. The number of hydrogen-bond acceptors (Lipinski definition) is 6. The summed E-state index contributed by atoms with van der Waals surface area (Å²) in [4.78, 5) is 0. The Kier molecular flexibility index (Phi) is 5.65. The molecule has 8 bridgehead atoms. The summed E-state index contributed by atoms with van der Waals surface area (Å²) < 4.78 is 12.4. The Morgan fingerprint density at radius 3 is 1.27 bits per heavy atom. The van der Waals surface area contributed by atoms with E-state index in [9.17, 15) is 10.2 Å². The molecule has 0 heterocycles. The molecule has 230 valence electrons. The van der Waals surface area contributed by atoms with Crippen molar-refractivity contribution in [1.29, 1.82) is 0 Å². The van der Waals surface area contributed by atoms with Crippen LogP contribution in [0, 0.1) is 23.7 Å². The van der Waals surface area contributed by atoms with Gasteiger partial charge in [-0.15, -0.1) is 0 Å². The minimum absolute atomic E-state index is 0.0161. The molecule has 0 saturated heterocycles. The highest BCUT2D eigenvalue weighted by Gasteiger charge is 2.58. The Bertz CT molecular complexity index is 1500. The first-order valence-corrected chi connectivity index (χ1v) is 16.8. The van der Waals surface area contributed by atoms with Crippen LogP contribution in [0.15, 0.2) is 60.7 Å². The molecule has 44 heavy (non-hydrogen) atoms. The minimum Gasteiger partial charge on any atom is -0.508 e. The molecule has 0 aromatic heterocycles. The monoisotopic (exact) mass is 592 g/mol. The molecule has 6 heteroatoms. The summed E-state index contributed by atoms with van der Waals surface area (Å²) >= 11 is 0. The van der Waals surface area contributed by atoms with Gasteiger partial charge in [-0.3, -0.25) is 0 Å². The average molecular weight is 593 g/mol. The van der Waals surface area contributed by atoms with Gasteiger partial charge in [0.2, 0.25) is 0 Å². The molecule has 0 amide bonds. The van der Waals surface area contributed by atoms with Crippen LogP contribution in [0.4, 0.5) is 0 Å². The van der Waals surface area contributed by atoms with Gasteiger partial charge in [-0.2, -0.15) is 0 Å². The Hall–Kier alpha value is -3.22. The van der Waals surface area contributed by atoms with Gasteiger partial charge in [0.05, 0.1) is 0 Å². The van der Waals surface area contributed by atoms with E-state index in [4.69, 9.17) is 20.9 Å². The van der Waals surface area contributed by atoms with Crippen LogP contribution in [0.1, 0.15) is 88.2 Å². The third kappa shape index (κ3) is 4.35. The Morgan fingerprint density at radius 1 is 0.523 bits per heavy atom. The highest BCUT2D eigenvalue weighted by Crippen LogP contribution is 2.64. The molecule has 0 spiro atoms. The van der Waals surface area contributed by atoms with E-state index in [0.717, 1.165) is 75.3 Å². The standard InChI is InChI=1S/C38H44N2O4/c39-37-17-23-8-24(18-37)14-35(13-23,21-37)31-6-4-29(11-33(31)41)43-27-2-1-3-28(10-27)44-30-5-7-32(34(42)12-30)36-15-25-9-26(16-36)20-38(40,19-25)22-36/h1-7,10-12,23-26,41-42H,8-9,13-22,39-40H2. The van der Waals surface area contributed by atoms with Crippen LogP contribution in [0.2, 0.25) is 0 Å². The van der Waals surface area contributed by atoms with E-state index in [1.54, 1.807) is 12.1 Å². The molecule has 8 aliphatic rings. The summed E-state index contributed by atoms with van der Waals surface area (Å²) in [5, 5.41) is 22.4. The molecule has 6 N–H and O–H groups in total. The molecule has 4 unspecified atom stereocenters. The highest BCUT2D eigenvalue weighted by molar-refractivity contribution is 5.50. The summed E-state index contributed by atoms with van der Waals surface area (Å²) in [5.41, 5.74) is 15.6. The van der Waals surface area contributed by atoms with Gasteiger partial charge in [0.1, 0.15) is 34.5 Å². The van der Waals surface area contributed by atoms with Gasteiger partial charge in [0, 0.05) is 51.2 Å². The van der Waals surface area contributed by atoms with Crippen molar-refractivity contribution in [3.05, 3.63) is 71.8 Å². The molecule has 3 aromatic rings. The summed E-state index contributed by atoms with van der Waals surface area (Å²) in [6.07, 6.45) is 13.5. The van der Waals surface area contributed by atoms with Gasteiger partial charge < -0.3 is 31.2 Å². The second-order valence-corrected chi connectivity index (χ2v) is 16.2. The summed E-state index contributed by atoms with van der Waals surface area (Å²) in [5.74, 6) is 5.71. The van der Waals surface area contributed by atoms with Crippen LogP contribution in [-0.2, 0) is 10.8 Å². The van der Waals surface area contributed by atoms with Crippen molar-refractivity contribution in [3.63, 3.8) is 0 Å². The molecule has 0 radical (unpaired) electrons. The molecule has 8 aliphatic carbocycles. The lowest BCUT2D eigenvalue weighted by Gasteiger charge is -2.61. The van der Waals surface area contributed by atoms with E-state index in [-0.39, 0.29) is 21.9 Å². The predicted octanol–water partition coefficient (Wildman–Crippen LogP) is 7.78. The number of aromatic hydroxyl groups is 2. The van der Waals surface area contributed by atoms with Crippen LogP contribution in [-0.4, -0.2) is 21.3 Å². The number of hydrogen-bond donors (Lipinski definition) is 4. The number of benzene rings is 3. The zero-order valence-corrected chi connectivity index (χ0v) is 25.4. The van der Waals surface area contributed by atoms with E-state index < -0.39 is 0 Å². The zero-order chi connectivity index (χ0) is 29.9. The minimum atomic E-state index is -0.0780. The number of nitrogens with two attached hydrogens (primary N) is 2. The van der Waals surface area contributed by atoms with Crippen molar-refractivity contribution in [2.45, 2.75) is 99.0 Å². The fourth-order valence-electron chi connectivity index (χ4n) is 12.2. The van der Waals surface area contributed by atoms with E-state index in [0.29, 0.717) is 58.2 Å². The molecule has 8 saturated carbocycles. The van der Waals surface area contributed by atoms with E-state index in [1.807, 2.05) is 36.4 Å². The molecule has 0 aliphatic heterocycles. The fourth-order valence-corrected chi connectivity index (χ4v) is 12.2. The van der Waals surface area contributed by atoms with E-state index in [2.05, 4.69) is 12.1 Å². The molecule has 6 nitrogen and oxygen atoms in total. The van der Waals surface area contributed by atoms with Crippen molar-refractivity contribution in [3.8, 4) is 34.5 Å². The van der Waals surface area contributed by atoms with Crippen molar-refractivity contribution in [2.75, 3.05) is 0 Å². The molecular weight excluding hydrogens is 548 g/mol. The lowest BCUT2D eigenvalue weighted by Crippen LogP contribution is -2.61. The molecule has 8 fully saturated rings. The average Bonchev–Trinajstić information content (AvgIpc) is 2.90. The second-order valence-electron chi connectivity index (χ2n) is 16.2. The van der Waals surface area contributed by atoms with Gasteiger partial charge in [0.25, 0.3) is 0 Å². The smallest absolute Gasteiger partial charge is 0.131 e. The zero-order valence-electron chi connectivity index (χ0n) is 25.4. The van der Waals surface area contributed by atoms with Crippen molar-refractivity contribution in [2.24, 2.45) is 35.1 Å². The third-order valence-electron chi connectivity index (χ3n) is 12.6. The lowest BCUT2D eigenvalue weighted by molar-refractivity contribution is -0.0238. The fraction of sp³-hybridized carbons (Fsp3) is 0.526. The van der Waals surface area contributed by atoms with Gasteiger partial charge in [-0.25, -0.2) is 0 Å². The number of phenols is 2. The van der Waals surface area contributed by atoms with Gasteiger partial charge in [0.15, 0.2) is 0 Å². The van der Waals surface area contributed by atoms with Gasteiger partial charge >= 0.3 is 0 Å².